The van der Waals surface area contributed by atoms with Crippen molar-refractivity contribution in [3.8, 4) is 0 Å². The fourth-order valence-electron chi connectivity index (χ4n) is 3.83. The van der Waals surface area contributed by atoms with E-state index < -0.39 is 0 Å². The van der Waals surface area contributed by atoms with E-state index in [0.29, 0.717) is 24.5 Å². The summed E-state index contributed by atoms with van der Waals surface area (Å²) in [6, 6.07) is 0.634. The van der Waals surface area contributed by atoms with Gasteiger partial charge in [-0.2, -0.15) is 0 Å². The highest BCUT2D eigenvalue weighted by molar-refractivity contribution is 4.82. The van der Waals surface area contributed by atoms with Crippen molar-refractivity contribution in [3.05, 3.63) is 0 Å². The molecule has 2 N–H and O–H groups in total. The van der Waals surface area contributed by atoms with Gasteiger partial charge in [0, 0.05) is 12.6 Å². The summed E-state index contributed by atoms with van der Waals surface area (Å²) in [5, 5.41) is 13.2. The molecule has 3 atom stereocenters. The quantitative estimate of drug-likeness (QED) is 0.801. The average molecular weight is 268 g/mol. The molecular formula is C16H32N2O. The Kier molecular flexibility index (Phi) is 6.11. The number of nitrogens with zero attached hydrogens (tertiary/aromatic N) is 1. The van der Waals surface area contributed by atoms with Crippen LogP contribution in [0.2, 0.25) is 0 Å². The van der Waals surface area contributed by atoms with E-state index >= 15 is 0 Å². The molecule has 0 aromatic carbocycles. The lowest BCUT2D eigenvalue weighted by Gasteiger charge is -2.35. The van der Waals surface area contributed by atoms with Gasteiger partial charge >= 0.3 is 0 Å². The maximum absolute atomic E-state index is 9.47. The van der Waals surface area contributed by atoms with E-state index in [0.717, 1.165) is 12.5 Å². The summed E-state index contributed by atoms with van der Waals surface area (Å²) in [7, 11) is 2.22. The predicted molar refractivity (Wildman–Crippen MR) is 80.2 cm³/mol. The first-order valence-electron chi connectivity index (χ1n) is 8.23. The number of rotatable bonds is 5. The normalized spacial score (nSPS) is 32.4. The first kappa shape index (κ1) is 15.3. The summed E-state index contributed by atoms with van der Waals surface area (Å²) in [5.41, 5.74) is 0. The van der Waals surface area contributed by atoms with E-state index in [9.17, 15) is 5.11 Å². The Hall–Kier alpha value is -0.120. The molecule has 3 nitrogen and oxygen atoms in total. The molecule has 0 spiro atoms. The van der Waals surface area contributed by atoms with Gasteiger partial charge < -0.3 is 15.3 Å². The highest BCUT2D eigenvalue weighted by atomic mass is 16.3. The fraction of sp³-hybridized carbons (Fsp3) is 1.00. The van der Waals surface area contributed by atoms with E-state index in [1.54, 1.807) is 0 Å². The van der Waals surface area contributed by atoms with Gasteiger partial charge in [-0.15, -0.1) is 0 Å². The molecule has 0 aromatic heterocycles. The van der Waals surface area contributed by atoms with Crippen molar-refractivity contribution in [2.45, 2.75) is 51.5 Å². The number of likely N-dealkylation sites (tertiary alicyclic amines) is 1. The number of nitrogens with one attached hydrogen (secondary N) is 1. The Bertz CT molecular complexity index is 251. The van der Waals surface area contributed by atoms with Gasteiger partial charge in [-0.25, -0.2) is 0 Å². The van der Waals surface area contributed by atoms with Gasteiger partial charge in [-0.1, -0.05) is 12.8 Å². The third kappa shape index (κ3) is 4.44. The van der Waals surface area contributed by atoms with Crippen LogP contribution in [-0.4, -0.2) is 49.3 Å². The Morgan fingerprint density at radius 1 is 1.11 bits per heavy atom. The van der Waals surface area contributed by atoms with Crippen molar-refractivity contribution in [2.24, 2.45) is 17.8 Å². The maximum Gasteiger partial charge on any atom is 0.0462 e. The summed E-state index contributed by atoms with van der Waals surface area (Å²) < 4.78 is 0. The summed E-state index contributed by atoms with van der Waals surface area (Å²) in [4.78, 5) is 2.44. The highest BCUT2D eigenvalue weighted by Gasteiger charge is 2.26. The summed E-state index contributed by atoms with van der Waals surface area (Å²) >= 11 is 0. The average Bonchev–Trinajstić information content (AvgIpc) is 2.45. The topological polar surface area (TPSA) is 35.5 Å². The first-order chi connectivity index (χ1) is 9.20. The molecule has 1 saturated heterocycles. The largest absolute Gasteiger partial charge is 0.396 e. The lowest BCUT2D eigenvalue weighted by Crippen LogP contribution is -2.43. The first-order valence-corrected chi connectivity index (χ1v) is 8.23. The van der Waals surface area contributed by atoms with Crippen LogP contribution >= 0.6 is 0 Å². The van der Waals surface area contributed by atoms with Gasteiger partial charge in [0.25, 0.3) is 0 Å². The van der Waals surface area contributed by atoms with Gasteiger partial charge in [0.05, 0.1) is 0 Å². The lowest BCUT2D eigenvalue weighted by atomic mass is 9.79. The molecule has 1 aliphatic carbocycles. The second kappa shape index (κ2) is 7.61. The molecule has 0 bridgehead atoms. The minimum atomic E-state index is 0.384. The van der Waals surface area contributed by atoms with Gasteiger partial charge in [-0.05, 0) is 77.0 Å². The van der Waals surface area contributed by atoms with Crippen LogP contribution in [0.3, 0.4) is 0 Å². The van der Waals surface area contributed by atoms with Crippen molar-refractivity contribution >= 4 is 0 Å². The Morgan fingerprint density at radius 2 is 1.74 bits per heavy atom. The van der Waals surface area contributed by atoms with Crippen molar-refractivity contribution in [1.82, 2.24) is 10.2 Å². The zero-order chi connectivity index (χ0) is 13.7. The van der Waals surface area contributed by atoms with Crippen LogP contribution in [0.5, 0.6) is 0 Å². The van der Waals surface area contributed by atoms with Crippen molar-refractivity contribution in [2.75, 3.05) is 33.3 Å². The molecule has 3 heteroatoms. The van der Waals surface area contributed by atoms with Gasteiger partial charge in [-0.3, -0.25) is 0 Å². The minimum absolute atomic E-state index is 0.384. The van der Waals surface area contributed by atoms with Crippen LogP contribution in [0.1, 0.15) is 45.4 Å². The van der Waals surface area contributed by atoms with E-state index in [1.807, 2.05) is 0 Å². The molecule has 1 aliphatic heterocycles. The second-order valence-corrected chi connectivity index (χ2v) is 6.82. The van der Waals surface area contributed by atoms with E-state index in [1.165, 1.54) is 51.6 Å². The van der Waals surface area contributed by atoms with E-state index in [2.05, 4.69) is 24.2 Å². The monoisotopic (exact) mass is 268 g/mol. The molecule has 2 rings (SSSR count). The van der Waals surface area contributed by atoms with Crippen molar-refractivity contribution in [3.63, 3.8) is 0 Å². The molecule has 0 radical (unpaired) electrons. The van der Waals surface area contributed by atoms with Crippen LogP contribution in [0.4, 0.5) is 0 Å². The Balaban J connectivity index is 1.71. The molecule has 2 fully saturated rings. The van der Waals surface area contributed by atoms with Crippen LogP contribution in [-0.2, 0) is 0 Å². The number of aliphatic hydroxyl groups is 1. The molecular weight excluding hydrogens is 236 g/mol. The molecule has 1 saturated carbocycles. The number of hydrogen-bond donors (Lipinski definition) is 2. The molecule has 1 heterocycles. The van der Waals surface area contributed by atoms with Crippen LogP contribution < -0.4 is 5.32 Å². The van der Waals surface area contributed by atoms with Crippen LogP contribution in [0.25, 0.3) is 0 Å². The summed E-state index contributed by atoms with van der Waals surface area (Å²) in [5.74, 6) is 2.09. The predicted octanol–water partition coefficient (Wildman–Crippen LogP) is 2.10. The van der Waals surface area contributed by atoms with Crippen molar-refractivity contribution < 1.29 is 5.11 Å². The van der Waals surface area contributed by atoms with Gasteiger partial charge in [0.15, 0.2) is 0 Å². The van der Waals surface area contributed by atoms with Crippen LogP contribution in [0, 0.1) is 17.8 Å². The molecule has 3 unspecified atom stereocenters. The zero-order valence-corrected chi connectivity index (χ0v) is 12.8. The third-order valence-corrected chi connectivity index (χ3v) is 5.47. The fourth-order valence-corrected chi connectivity index (χ4v) is 3.83. The Labute approximate surface area is 118 Å². The maximum atomic E-state index is 9.47. The smallest absolute Gasteiger partial charge is 0.0462 e. The standard InChI is InChI=1S/C16H32N2O/c1-13(14-7-9-18(2)10-8-14)17-11-15-5-3-4-6-16(15)12-19/h13-17,19H,3-12H2,1-2H3. The molecule has 19 heavy (non-hydrogen) atoms. The minimum Gasteiger partial charge on any atom is -0.396 e. The van der Waals surface area contributed by atoms with Crippen LogP contribution in [0.15, 0.2) is 0 Å². The molecule has 0 amide bonds. The number of hydrogen-bond acceptors (Lipinski definition) is 3. The summed E-state index contributed by atoms with van der Waals surface area (Å²) in [6.07, 6.45) is 7.86. The second-order valence-electron chi connectivity index (χ2n) is 6.82. The van der Waals surface area contributed by atoms with Crippen molar-refractivity contribution in [1.29, 1.82) is 0 Å². The van der Waals surface area contributed by atoms with E-state index in [-0.39, 0.29) is 0 Å². The molecule has 112 valence electrons. The molecule has 2 aliphatic rings. The van der Waals surface area contributed by atoms with Gasteiger partial charge in [0.1, 0.15) is 0 Å². The lowest BCUT2D eigenvalue weighted by molar-refractivity contribution is 0.125. The Morgan fingerprint density at radius 3 is 2.37 bits per heavy atom. The number of aliphatic hydroxyl groups excluding tert-OH is 1. The highest BCUT2D eigenvalue weighted by Crippen LogP contribution is 2.29. The number of piperidine rings is 1. The zero-order valence-electron chi connectivity index (χ0n) is 12.8. The SMILES string of the molecule is CC(NCC1CCCCC1CO)C1CCN(C)CC1. The third-order valence-electron chi connectivity index (χ3n) is 5.47. The van der Waals surface area contributed by atoms with Gasteiger partial charge in [0.2, 0.25) is 0 Å². The summed E-state index contributed by atoms with van der Waals surface area (Å²) in [6.45, 7) is 6.35. The molecule has 0 aromatic rings. The van der Waals surface area contributed by atoms with E-state index in [4.69, 9.17) is 0 Å².